The highest BCUT2D eigenvalue weighted by Gasteiger charge is 2.48. The molecule has 7 heteroatoms. The van der Waals surface area contributed by atoms with E-state index in [-0.39, 0.29) is 18.1 Å². The molecule has 2 aromatic rings. The Hall–Kier alpha value is -1.73. The number of rotatable bonds is 3. The normalized spacial score (nSPS) is 28.8. The van der Waals surface area contributed by atoms with E-state index in [0.29, 0.717) is 4.90 Å². The van der Waals surface area contributed by atoms with Crippen LogP contribution in [0.15, 0.2) is 35.5 Å². The number of hydrogen-bond acceptors (Lipinski definition) is 4. The zero-order valence-corrected chi connectivity index (χ0v) is 15.6. The molecule has 1 aromatic carbocycles. The summed E-state index contributed by atoms with van der Waals surface area (Å²) in [5, 5.41) is 8.54. The molecule has 2 unspecified atom stereocenters. The molecule has 1 aromatic heterocycles. The third kappa shape index (κ3) is 2.60. The van der Waals surface area contributed by atoms with E-state index in [2.05, 4.69) is 10.2 Å². The molecule has 0 N–H and O–H groups in total. The number of nitrogens with zero attached hydrogens (tertiary/aromatic N) is 4. The summed E-state index contributed by atoms with van der Waals surface area (Å²) < 4.78 is 28.6. The lowest BCUT2D eigenvalue weighted by molar-refractivity contribution is 0.174. The molecule has 2 fully saturated rings. The highest BCUT2D eigenvalue weighted by Crippen LogP contribution is 2.43. The van der Waals surface area contributed by atoms with Crippen LogP contribution in [0.4, 0.5) is 0 Å². The van der Waals surface area contributed by atoms with Gasteiger partial charge in [0.25, 0.3) is 0 Å². The molecule has 2 atom stereocenters. The molecule has 0 saturated carbocycles. The van der Waals surface area contributed by atoms with Gasteiger partial charge >= 0.3 is 0 Å². The van der Waals surface area contributed by atoms with Gasteiger partial charge in [0, 0.05) is 12.1 Å². The molecule has 0 radical (unpaired) electrons. The summed E-state index contributed by atoms with van der Waals surface area (Å²) in [5.74, 6) is 0. The number of fused-ring (bicyclic) bond motifs is 3. The highest BCUT2D eigenvalue weighted by molar-refractivity contribution is 7.89. The molecule has 3 heterocycles. The van der Waals surface area contributed by atoms with Crippen molar-refractivity contribution in [1.29, 1.82) is 0 Å². The van der Waals surface area contributed by atoms with Gasteiger partial charge in [0.15, 0.2) is 0 Å². The van der Waals surface area contributed by atoms with E-state index in [1.54, 1.807) is 21.5 Å². The molecule has 0 spiro atoms. The molecule has 0 amide bonds. The van der Waals surface area contributed by atoms with Crippen molar-refractivity contribution in [2.45, 2.75) is 74.4 Å². The topological polar surface area (TPSA) is 68.1 Å². The summed E-state index contributed by atoms with van der Waals surface area (Å²) in [6, 6.07) is 6.11. The van der Waals surface area contributed by atoms with Crippen molar-refractivity contribution < 1.29 is 8.42 Å². The zero-order valence-electron chi connectivity index (χ0n) is 14.8. The maximum Gasteiger partial charge on any atom is 0.243 e. The first kappa shape index (κ1) is 16.4. The zero-order chi connectivity index (χ0) is 17.7. The standard InChI is InChI=1S/C19H24N4O2S/c24-26(25,19-8-5-14-3-1-2-4-15(14)11-19)22-16-6-7-17(22)13-18(12-16)23-20-9-10-21-23/h5,8-11,16-18H,1-4,6-7,12-13H2. The van der Waals surface area contributed by atoms with Gasteiger partial charge in [0.2, 0.25) is 10.0 Å². The van der Waals surface area contributed by atoms with E-state index < -0.39 is 10.0 Å². The van der Waals surface area contributed by atoms with E-state index in [4.69, 9.17) is 0 Å². The molecule has 1 aliphatic carbocycles. The van der Waals surface area contributed by atoms with Gasteiger partial charge in [-0.3, -0.25) is 0 Å². The highest BCUT2D eigenvalue weighted by atomic mass is 32.2. The Morgan fingerprint density at radius 2 is 1.54 bits per heavy atom. The molecule has 138 valence electrons. The van der Waals surface area contributed by atoms with Crippen LogP contribution in [0, 0.1) is 0 Å². The summed E-state index contributed by atoms with van der Waals surface area (Å²) in [7, 11) is -3.44. The van der Waals surface area contributed by atoms with E-state index in [0.717, 1.165) is 44.9 Å². The SMILES string of the molecule is O=S(=O)(c1ccc2c(c1)CCCC2)N1C2CCC1CC(n1nccn1)C2. The fraction of sp³-hybridized carbons (Fsp3) is 0.579. The van der Waals surface area contributed by atoms with Crippen LogP contribution < -0.4 is 0 Å². The van der Waals surface area contributed by atoms with Gasteiger partial charge < -0.3 is 0 Å². The van der Waals surface area contributed by atoms with E-state index >= 15 is 0 Å². The smallest absolute Gasteiger partial charge is 0.207 e. The second-order valence-electron chi connectivity index (χ2n) is 7.83. The number of sulfonamides is 1. The van der Waals surface area contributed by atoms with Crippen LogP contribution in [0.2, 0.25) is 0 Å². The summed E-state index contributed by atoms with van der Waals surface area (Å²) >= 11 is 0. The summed E-state index contributed by atoms with van der Waals surface area (Å²) in [4.78, 5) is 2.24. The summed E-state index contributed by atoms with van der Waals surface area (Å²) in [5.41, 5.74) is 2.54. The van der Waals surface area contributed by atoms with Crippen molar-refractivity contribution in [2.75, 3.05) is 0 Å². The van der Waals surface area contributed by atoms with Crippen molar-refractivity contribution >= 4 is 10.0 Å². The van der Waals surface area contributed by atoms with Crippen molar-refractivity contribution in [3.05, 3.63) is 41.7 Å². The van der Waals surface area contributed by atoms with Gasteiger partial charge in [0.05, 0.1) is 23.3 Å². The Balaban J connectivity index is 1.44. The average molecular weight is 372 g/mol. The second-order valence-corrected chi connectivity index (χ2v) is 9.68. The number of aryl methyl sites for hydroxylation is 2. The van der Waals surface area contributed by atoms with Crippen molar-refractivity contribution in [3.63, 3.8) is 0 Å². The van der Waals surface area contributed by atoms with Crippen molar-refractivity contribution in [1.82, 2.24) is 19.3 Å². The molecule has 6 nitrogen and oxygen atoms in total. The predicted molar refractivity (Wildman–Crippen MR) is 97.2 cm³/mol. The van der Waals surface area contributed by atoms with Crippen LogP contribution in [-0.2, 0) is 22.9 Å². The number of piperidine rings is 1. The third-order valence-corrected chi connectivity index (χ3v) is 8.30. The molecule has 26 heavy (non-hydrogen) atoms. The fourth-order valence-electron chi connectivity index (χ4n) is 5.09. The lowest BCUT2D eigenvalue weighted by Crippen LogP contribution is -2.47. The molecule has 2 aliphatic heterocycles. The van der Waals surface area contributed by atoms with Crippen LogP contribution in [0.5, 0.6) is 0 Å². The van der Waals surface area contributed by atoms with Crippen molar-refractivity contribution in [2.24, 2.45) is 0 Å². The minimum atomic E-state index is -3.44. The Kier molecular flexibility index (Phi) is 3.90. The first-order valence-electron chi connectivity index (χ1n) is 9.64. The van der Waals surface area contributed by atoms with E-state index in [1.807, 2.05) is 18.2 Å². The van der Waals surface area contributed by atoms with Gasteiger partial charge in [0.1, 0.15) is 0 Å². The van der Waals surface area contributed by atoms with Crippen LogP contribution in [-0.4, -0.2) is 39.8 Å². The first-order chi connectivity index (χ1) is 12.6. The Morgan fingerprint density at radius 3 is 2.23 bits per heavy atom. The lowest BCUT2D eigenvalue weighted by atomic mass is 9.92. The van der Waals surface area contributed by atoms with Gasteiger partial charge in [-0.15, -0.1) is 0 Å². The lowest BCUT2D eigenvalue weighted by Gasteiger charge is -2.37. The van der Waals surface area contributed by atoms with Crippen LogP contribution >= 0.6 is 0 Å². The summed E-state index contributed by atoms with van der Waals surface area (Å²) in [6.07, 6.45) is 11.3. The average Bonchev–Trinajstić information content (AvgIpc) is 3.28. The van der Waals surface area contributed by atoms with E-state index in [1.165, 1.54) is 17.5 Å². The van der Waals surface area contributed by atoms with E-state index in [9.17, 15) is 8.42 Å². The maximum atomic E-state index is 13.4. The molecular weight excluding hydrogens is 348 g/mol. The number of hydrogen-bond donors (Lipinski definition) is 0. The van der Waals surface area contributed by atoms with Gasteiger partial charge in [-0.25, -0.2) is 8.42 Å². The van der Waals surface area contributed by atoms with Crippen LogP contribution in [0.25, 0.3) is 0 Å². The van der Waals surface area contributed by atoms with Crippen LogP contribution in [0.3, 0.4) is 0 Å². The molecule has 5 rings (SSSR count). The molecular formula is C19H24N4O2S. The Labute approximate surface area is 154 Å². The van der Waals surface area contributed by atoms with Gasteiger partial charge in [-0.05, 0) is 74.6 Å². The maximum absolute atomic E-state index is 13.4. The van der Waals surface area contributed by atoms with Crippen LogP contribution in [0.1, 0.15) is 55.7 Å². The van der Waals surface area contributed by atoms with Crippen molar-refractivity contribution in [3.8, 4) is 0 Å². The Bertz CT molecular complexity index is 896. The minimum absolute atomic E-state index is 0.0609. The minimum Gasteiger partial charge on any atom is -0.207 e. The van der Waals surface area contributed by atoms with Gasteiger partial charge in [-0.2, -0.15) is 19.3 Å². The quantitative estimate of drug-likeness (QED) is 0.831. The Morgan fingerprint density at radius 1 is 0.885 bits per heavy atom. The summed E-state index contributed by atoms with van der Waals surface area (Å²) in [6.45, 7) is 0. The second kappa shape index (κ2) is 6.16. The first-order valence-corrected chi connectivity index (χ1v) is 11.1. The fourth-order valence-corrected chi connectivity index (χ4v) is 7.04. The largest absolute Gasteiger partial charge is 0.243 e. The molecule has 2 saturated heterocycles. The molecule has 3 aliphatic rings. The number of aromatic nitrogens is 3. The monoisotopic (exact) mass is 372 g/mol. The predicted octanol–water partition coefficient (Wildman–Crippen LogP) is 2.71. The van der Waals surface area contributed by atoms with Gasteiger partial charge in [-0.1, -0.05) is 6.07 Å². The molecule has 2 bridgehead atoms. The third-order valence-electron chi connectivity index (χ3n) is 6.30. The number of benzene rings is 1.